The topological polar surface area (TPSA) is 72.2 Å². The van der Waals surface area contributed by atoms with Crippen LogP contribution in [0.4, 0.5) is 0 Å². The summed E-state index contributed by atoms with van der Waals surface area (Å²) in [4.78, 5) is 11.9. The predicted octanol–water partition coefficient (Wildman–Crippen LogP) is 1.79. The maximum absolute atomic E-state index is 11.9. The van der Waals surface area contributed by atoms with Crippen LogP contribution in [0.5, 0.6) is 0 Å². The molecule has 1 aromatic rings. The summed E-state index contributed by atoms with van der Waals surface area (Å²) in [5.74, 6) is 0.478. The van der Waals surface area contributed by atoms with Gasteiger partial charge in [-0.15, -0.1) is 0 Å². The third kappa shape index (κ3) is 1.66. The number of hydrogen-bond acceptors (Lipinski definition) is 5. The third-order valence-corrected chi connectivity index (χ3v) is 4.52. The molecule has 2 aliphatic heterocycles. The lowest BCUT2D eigenvalue weighted by Crippen LogP contribution is -2.15. The summed E-state index contributed by atoms with van der Waals surface area (Å²) in [6.45, 7) is 1.93. The SMILES string of the molecule is C[C@@]12Cc3occ(CO)c3[C@H]3C=C(CC[C@H]1O2)C(=O)O3. The number of hydrogen-bond donors (Lipinski definition) is 1. The number of carbonyl (C=O) groups is 1. The van der Waals surface area contributed by atoms with Crippen molar-refractivity contribution in [1.82, 2.24) is 0 Å². The van der Waals surface area contributed by atoms with Crippen LogP contribution in [0.1, 0.15) is 42.8 Å². The summed E-state index contributed by atoms with van der Waals surface area (Å²) >= 11 is 0. The third-order valence-electron chi connectivity index (χ3n) is 4.52. The monoisotopic (exact) mass is 276 g/mol. The Labute approximate surface area is 116 Å². The zero-order valence-corrected chi connectivity index (χ0v) is 11.2. The number of fused-ring (bicyclic) bond motifs is 4. The van der Waals surface area contributed by atoms with Gasteiger partial charge in [-0.1, -0.05) is 0 Å². The molecule has 4 rings (SSSR count). The Morgan fingerprint density at radius 3 is 3.15 bits per heavy atom. The van der Waals surface area contributed by atoms with E-state index in [9.17, 15) is 9.90 Å². The van der Waals surface area contributed by atoms with Crippen molar-refractivity contribution in [3.8, 4) is 0 Å². The highest BCUT2D eigenvalue weighted by Crippen LogP contribution is 2.46. The Balaban J connectivity index is 1.81. The molecule has 0 unspecified atom stereocenters. The predicted molar refractivity (Wildman–Crippen MR) is 67.8 cm³/mol. The summed E-state index contributed by atoms with van der Waals surface area (Å²) in [6.07, 6.45) is 5.26. The van der Waals surface area contributed by atoms with Crippen molar-refractivity contribution in [1.29, 1.82) is 0 Å². The Morgan fingerprint density at radius 2 is 2.35 bits per heavy atom. The van der Waals surface area contributed by atoms with Crippen molar-refractivity contribution in [3.05, 3.63) is 34.8 Å². The number of aliphatic hydroxyl groups is 1. The number of rotatable bonds is 1. The Kier molecular flexibility index (Phi) is 2.41. The van der Waals surface area contributed by atoms with Crippen LogP contribution >= 0.6 is 0 Å². The minimum Gasteiger partial charge on any atom is -0.468 e. The van der Waals surface area contributed by atoms with Crippen LogP contribution in [-0.2, 0) is 27.3 Å². The van der Waals surface area contributed by atoms with Gasteiger partial charge in [0.1, 0.15) is 11.9 Å². The molecule has 0 amide bonds. The van der Waals surface area contributed by atoms with Gasteiger partial charge in [-0.3, -0.25) is 0 Å². The molecule has 0 radical (unpaired) electrons. The molecule has 1 aliphatic carbocycles. The molecule has 0 saturated carbocycles. The van der Waals surface area contributed by atoms with E-state index in [1.807, 2.05) is 6.08 Å². The van der Waals surface area contributed by atoms with E-state index in [1.54, 1.807) is 6.26 Å². The fourth-order valence-corrected chi connectivity index (χ4v) is 3.27. The molecule has 3 atom stereocenters. The van der Waals surface area contributed by atoms with Gasteiger partial charge in [0.2, 0.25) is 0 Å². The zero-order chi connectivity index (χ0) is 13.9. The minimum atomic E-state index is -0.438. The van der Waals surface area contributed by atoms with Gasteiger partial charge >= 0.3 is 5.97 Å². The van der Waals surface area contributed by atoms with Crippen LogP contribution in [0.2, 0.25) is 0 Å². The second-order valence-corrected chi connectivity index (χ2v) is 5.91. The van der Waals surface area contributed by atoms with E-state index < -0.39 is 6.10 Å². The summed E-state index contributed by atoms with van der Waals surface area (Å²) in [5.41, 5.74) is 1.94. The van der Waals surface area contributed by atoms with E-state index in [1.165, 1.54) is 0 Å². The van der Waals surface area contributed by atoms with Crippen molar-refractivity contribution in [2.45, 2.75) is 50.6 Å². The van der Waals surface area contributed by atoms with E-state index >= 15 is 0 Å². The van der Waals surface area contributed by atoms with E-state index in [0.717, 1.165) is 17.7 Å². The smallest absolute Gasteiger partial charge is 0.334 e. The number of aliphatic hydroxyl groups excluding tert-OH is 1. The van der Waals surface area contributed by atoms with Crippen LogP contribution in [0.15, 0.2) is 22.3 Å². The molecule has 106 valence electrons. The molecule has 5 heteroatoms. The van der Waals surface area contributed by atoms with Gasteiger partial charge in [-0.05, 0) is 25.8 Å². The second kappa shape index (κ2) is 3.96. The highest BCUT2D eigenvalue weighted by Gasteiger charge is 2.53. The first kappa shape index (κ1) is 12.2. The average Bonchev–Trinajstić information content (AvgIpc) is 2.73. The molecule has 3 aliphatic rings. The maximum atomic E-state index is 11.9. The van der Waals surface area contributed by atoms with Crippen molar-refractivity contribution in [2.75, 3.05) is 0 Å². The summed E-state index contributed by atoms with van der Waals surface area (Å²) < 4.78 is 16.8. The summed E-state index contributed by atoms with van der Waals surface area (Å²) in [7, 11) is 0. The first-order valence-corrected chi connectivity index (χ1v) is 6.90. The molecule has 3 heterocycles. The van der Waals surface area contributed by atoms with Crippen LogP contribution < -0.4 is 0 Å². The molecule has 2 bridgehead atoms. The van der Waals surface area contributed by atoms with E-state index in [-0.39, 0.29) is 24.3 Å². The molecule has 0 spiro atoms. The highest BCUT2D eigenvalue weighted by molar-refractivity contribution is 5.91. The fraction of sp³-hybridized carbons (Fsp3) is 0.533. The van der Waals surface area contributed by atoms with Gasteiger partial charge in [0.15, 0.2) is 0 Å². The van der Waals surface area contributed by atoms with Crippen molar-refractivity contribution >= 4 is 5.97 Å². The molecule has 1 saturated heterocycles. The van der Waals surface area contributed by atoms with Gasteiger partial charge < -0.3 is 19.0 Å². The van der Waals surface area contributed by atoms with Crippen LogP contribution in [0.3, 0.4) is 0 Å². The molecule has 1 aromatic heterocycles. The second-order valence-electron chi connectivity index (χ2n) is 5.91. The van der Waals surface area contributed by atoms with Crippen molar-refractivity contribution < 1.29 is 23.8 Å². The van der Waals surface area contributed by atoms with Gasteiger partial charge in [0.05, 0.1) is 24.6 Å². The summed E-state index contributed by atoms with van der Waals surface area (Å²) in [5, 5.41) is 9.45. The standard InChI is InChI=1S/C15H16O5/c1-15-5-11-13(9(6-16)7-18-11)10-4-8(14(17)19-10)2-3-12(15)20-15/h4,7,10,12,16H,2-3,5-6H2,1H3/t10-,12-,15-/m1/s1. The molecular weight excluding hydrogens is 260 g/mol. The number of carbonyl (C=O) groups excluding carboxylic acids is 1. The first-order valence-electron chi connectivity index (χ1n) is 6.90. The number of esters is 1. The molecular formula is C15H16O5. The Morgan fingerprint density at radius 1 is 1.50 bits per heavy atom. The van der Waals surface area contributed by atoms with Crippen molar-refractivity contribution in [3.63, 3.8) is 0 Å². The molecule has 20 heavy (non-hydrogen) atoms. The maximum Gasteiger partial charge on any atom is 0.334 e. The minimum absolute atomic E-state index is 0.128. The Bertz CT molecular complexity index is 614. The highest BCUT2D eigenvalue weighted by atomic mass is 16.6. The quantitative estimate of drug-likeness (QED) is 0.625. The zero-order valence-electron chi connectivity index (χ0n) is 11.2. The molecule has 1 fully saturated rings. The normalized spacial score (nSPS) is 34.9. The van der Waals surface area contributed by atoms with Crippen LogP contribution in [0, 0.1) is 0 Å². The average molecular weight is 276 g/mol. The lowest BCUT2D eigenvalue weighted by molar-refractivity contribution is -0.140. The summed E-state index contributed by atoms with van der Waals surface area (Å²) in [6, 6.07) is 0. The van der Waals surface area contributed by atoms with Crippen LogP contribution in [-0.4, -0.2) is 22.8 Å². The molecule has 0 aromatic carbocycles. The number of furan rings is 1. The van der Waals surface area contributed by atoms with Crippen LogP contribution in [0.25, 0.3) is 0 Å². The number of epoxide rings is 1. The fourth-order valence-electron chi connectivity index (χ4n) is 3.27. The van der Waals surface area contributed by atoms with E-state index in [2.05, 4.69) is 6.92 Å². The van der Waals surface area contributed by atoms with Gasteiger partial charge in [-0.25, -0.2) is 4.79 Å². The van der Waals surface area contributed by atoms with Gasteiger partial charge in [0, 0.05) is 23.1 Å². The Hall–Kier alpha value is -1.59. The first-order chi connectivity index (χ1) is 9.60. The largest absolute Gasteiger partial charge is 0.468 e. The van der Waals surface area contributed by atoms with Crippen molar-refractivity contribution in [2.24, 2.45) is 0 Å². The molecule has 1 N–H and O–H groups in total. The number of ether oxygens (including phenoxy) is 2. The lowest BCUT2D eigenvalue weighted by atomic mass is 9.92. The lowest BCUT2D eigenvalue weighted by Gasteiger charge is -2.12. The van der Waals surface area contributed by atoms with E-state index in [0.29, 0.717) is 24.0 Å². The molecule has 5 nitrogen and oxygen atoms in total. The van der Waals surface area contributed by atoms with Gasteiger partial charge in [0.25, 0.3) is 0 Å². The van der Waals surface area contributed by atoms with Gasteiger partial charge in [-0.2, -0.15) is 0 Å². The van der Waals surface area contributed by atoms with E-state index in [4.69, 9.17) is 13.9 Å².